The number of carbonyl (C=O) groups is 1. The highest BCUT2D eigenvalue weighted by Crippen LogP contribution is 2.17. The minimum absolute atomic E-state index is 0.0461. The second-order valence-corrected chi connectivity index (χ2v) is 5.30. The first-order chi connectivity index (χ1) is 12.1. The van der Waals surface area contributed by atoms with Crippen LogP contribution < -0.4 is 5.43 Å². The average Bonchev–Trinajstić information content (AvgIpc) is 3.02. The van der Waals surface area contributed by atoms with Crippen LogP contribution in [-0.2, 0) is 6.54 Å². The summed E-state index contributed by atoms with van der Waals surface area (Å²) in [6, 6.07) is 13.2. The molecular formula is C16H14N6O3. The van der Waals surface area contributed by atoms with Gasteiger partial charge in [-0.1, -0.05) is 29.5 Å². The largest absolute Gasteiger partial charge is 0.282 e. The van der Waals surface area contributed by atoms with Gasteiger partial charge in [0.05, 0.1) is 22.7 Å². The minimum Gasteiger partial charge on any atom is -0.267 e. The van der Waals surface area contributed by atoms with Gasteiger partial charge in [0.25, 0.3) is 11.6 Å². The standard InChI is InChI=1S/C16H14N6O3/c1-11(10-21-15-9-5-3-7-13(15)18-20-21)17-19-16(23)12-6-2-4-8-14(12)22(24)25/h2-9H,10H2,1H3,(H,19,23). The fraction of sp³-hybridized carbons (Fsp3) is 0.125. The molecule has 0 aliphatic rings. The van der Waals surface area contributed by atoms with Crippen molar-refractivity contribution in [1.29, 1.82) is 0 Å². The summed E-state index contributed by atoms with van der Waals surface area (Å²) >= 11 is 0. The summed E-state index contributed by atoms with van der Waals surface area (Å²) in [5, 5.41) is 23.0. The monoisotopic (exact) mass is 338 g/mol. The van der Waals surface area contributed by atoms with E-state index < -0.39 is 10.8 Å². The van der Waals surface area contributed by atoms with Crippen LogP contribution in [0.4, 0.5) is 5.69 Å². The third kappa shape index (κ3) is 3.50. The van der Waals surface area contributed by atoms with E-state index >= 15 is 0 Å². The third-order valence-corrected chi connectivity index (χ3v) is 3.49. The Morgan fingerprint density at radius 2 is 1.96 bits per heavy atom. The lowest BCUT2D eigenvalue weighted by atomic mass is 10.2. The van der Waals surface area contributed by atoms with Crippen molar-refractivity contribution in [2.45, 2.75) is 13.5 Å². The molecule has 3 rings (SSSR count). The van der Waals surface area contributed by atoms with Crippen LogP contribution >= 0.6 is 0 Å². The molecule has 0 aliphatic heterocycles. The smallest absolute Gasteiger partial charge is 0.267 e. The Labute approximate surface area is 142 Å². The molecule has 0 unspecified atom stereocenters. The fourth-order valence-electron chi connectivity index (χ4n) is 2.32. The van der Waals surface area contributed by atoms with Gasteiger partial charge in [-0.05, 0) is 25.1 Å². The molecule has 0 saturated carbocycles. The van der Waals surface area contributed by atoms with Crippen molar-refractivity contribution < 1.29 is 9.72 Å². The molecule has 1 aromatic heterocycles. The third-order valence-electron chi connectivity index (χ3n) is 3.49. The first-order valence-corrected chi connectivity index (χ1v) is 7.41. The summed E-state index contributed by atoms with van der Waals surface area (Å²) in [5.74, 6) is -0.643. The molecular weight excluding hydrogens is 324 g/mol. The highest BCUT2D eigenvalue weighted by atomic mass is 16.6. The van der Waals surface area contributed by atoms with Gasteiger partial charge in [-0.2, -0.15) is 5.10 Å². The minimum atomic E-state index is -0.643. The number of para-hydroxylation sites is 2. The van der Waals surface area contributed by atoms with Gasteiger partial charge in [0.2, 0.25) is 0 Å². The lowest BCUT2D eigenvalue weighted by molar-refractivity contribution is -0.385. The van der Waals surface area contributed by atoms with Crippen molar-refractivity contribution in [1.82, 2.24) is 20.4 Å². The predicted octanol–water partition coefficient (Wildman–Crippen LogP) is 2.15. The van der Waals surface area contributed by atoms with Gasteiger partial charge >= 0.3 is 0 Å². The van der Waals surface area contributed by atoms with Crippen LogP contribution in [-0.4, -0.2) is 31.5 Å². The lowest BCUT2D eigenvalue weighted by Gasteiger charge is -2.04. The number of nitrogens with zero attached hydrogens (tertiary/aromatic N) is 5. The Balaban J connectivity index is 1.73. The van der Waals surface area contributed by atoms with E-state index in [0.29, 0.717) is 12.3 Å². The van der Waals surface area contributed by atoms with Gasteiger partial charge in [0.1, 0.15) is 11.1 Å². The summed E-state index contributed by atoms with van der Waals surface area (Å²) in [7, 11) is 0. The highest BCUT2D eigenvalue weighted by molar-refractivity contribution is 5.98. The van der Waals surface area contributed by atoms with Crippen molar-refractivity contribution in [3.63, 3.8) is 0 Å². The predicted molar refractivity (Wildman–Crippen MR) is 91.2 cm³/mol. The number of nitro groups is 1. The topological polar surface area (TPSA) is 115 Å². The van der Waals surface area contributed by atoms with Crippen molar-refractivity contribution in [2.75, 3.05) is 0 Å². The van der Waals surface area contributed by atoms with Gasteiger partial charge in [-0.15, -0.1) is 5.10 Å². The number of rotatable bonds is 5. The van der Waals surface area contributed by atoms with Gasteiger partial charge < -0.3 is 0 Å². The quantitative estimate of drug-likeness (QED) is 0.435. The number of nitrogens with one attached hydrogen (secondary N) is 1. The Hall–Kier alpha value is -3.62. The molecule has 9 nitrogen and oxygen atoms in total. The summed E-state index contributed by atoms with van der Waals surface area (Å²) in [6.45, 7) is 2.05. The Morgan fingerprint density at radius 1 is 1.24 bits per heavy atom. The SMILES string of the molecule is CC(Cn1nnc2ccccc21)=NNC(=O)c1ccccc1[N+](=O)[O-]. The molecule has 0 aliphatic carbocycles. The molecule has 3 aromatic rings. The Kier molecular flexibility index (Phi) is 4.46. The normalized spacial score (nSPS) is 11.5. The van der Waals surface area contributed by atoms with E-state index in [0.717, 1.165) is 11.0 Å². The van der Waals surface area contributed by atoms with E-state index in [-0.39, 0.29) is 11.3 Å². The second kappa shape index (κ2) is 6.87. The number of aromatic nitrogens is 3. The maximum Gasteiger partial charge on any atom is 0.282 e. The van der Waals surface area contributed by atoms with Crippen molar-refractivity contribution in [3.8, 4) is 0 Å². The van der Waals surface area contributed by atoms with E-state index in [2.05, 4.69) is 20.8 Å². The molecule has 1 heterocycles. The molecule has 1 N–H and O–H groups in total. The number of amides is 1. The van der Waals surface area contributed by atoms with E-state index in [1.54, 1.807) is 17.7 Å². The number of nitro benzene ring substituents is 1. The molecule has 0 fully saturated rings. The molecule has 25 heavy (non-hydrogen) atoms. The van der Waals surface area contributed by atoms with Gasteiger partial charge in [0, 0.05) is 6.07 Å². The number of benzene rings is 2. The van der Waals surface area contributed by atoms with Crippen LogP contribution in [0, 0.1) is 10.1 Å². The molecule has 0 radical (unpaired) electrons. The van der Waals surface area contributed by atoms with Crippen molar-refractivity contribution >= 4 is 28.3 Å². The molecule has 0 spiro atoms. The molecule has 126 valence electrons. The number of fused-ring (bicyclic) bond motifs is 1. The van der Waals surface area contributed by atoms with Gasteiger partial charge in [-0.25, -0.2) is 10.1 Å². The van der Waals surface area contributed by atoms with E-state index in [9.17, 15) is 14.9 Å². The maximum absolute atomic E-state index is 12.1. The summed E-state index contributed by atoms with van der Waals surface area (Å²) < 4.78 is 1.66. The van der Waals surface area contributed by atoms with Crippen molar-refractivity contribution in [3.05, 3.63) is 64.2 Å². The zero-order valence-corrected chi connectivity index (χ0v) is 13.3. The number of hydrogen-bond donors (Lipinski definition) is 1. The van der Waals surface area contributed by atoms with E-state index in [1.807, 2.05) is 24.3 Å². The number of carbonyl (C=O) groups excluding carboxylic acids is 1. The molecule has 0 saturated heterocycles. The van der Waals surface area contributed by atoms with Crippen LogP contribution in [0.15, 0.2) is 53.6 Å². The molecule has 2 aromatic carbocycles. The zero-order chi connectivity index (χ0) is 17.8. The summed E-state index contributed by atoms with van der Waals surface area (Å²) in [5.41, 5.74) is 4.21. The fourth-order valence-corrected chi connectivity index (χ4v) is 2.32. The molecule has 1 amide bonds. The lowest BCUT2D eigenvalue weighted by Crippen LogP contribution is -2.21. The van der Waals surface area contributed by atoms with Crippen LogP contribution in [0.25, 0.3) is 11.0 Å². The van der Waals surface area contributed by atoms with E-state index in [1.165, 1.54) is 18.2 Å². The zero-order valence-electron chi connectivity index (χ0n) is 13.3. The molecule has 0 atom stereocenters. The first-order valence-electron chi connectivity index (χ1n) is 7.41. The van der Waals surface area contributed by atoms with Crippen LogP contribution in [0.3, 0.4) is 0 Å². The Bertz CT molecular complexity index is 979. The maximum atomic E-state index is 12.1. The van der Waals surface area contributed by atoms with Gasteiger partial charge in [-0.3, -0.25) is 14.9 Å². The van der Waals surface area contributed by atoms with Crippen LogP contribution in [0.2, 0.25) is 0 Å². The molecule has 9 heteroatoms. The Morgan fingerprint density at radius 3 is 2.76 bits per heavy atom. The highest BCUT2D eigenvalue weighted by Gasteiger charge is 2.18. The first kappa shape index (κ1) is 16.2. The van der Waals surface area contributed by atoms with Gasteiger partial charge in [0.15, 0.2) is 0 Å². The van der Waals surface area contributed by atoms with E-state index in [4.69, 9.17) is 0 Å². The van der Waals surface area contributed by atoms with Crippen LogP contribution in [0.5, 0.6) is 0 Å². The molecule has 0 bridgehead atoms. The number of hydrogen-bond acceptors (Lipinski definition) is 6. The number of hydrazone groups is 1. The van der Waals surface area contributed by atoms with Crippen molar-refractivity contribution in [2.24, 2.45) is 5.10 Å². The second-order valence-electron chi connectivity index (χ2n) is 5.30. The van der Waals surface area contributed by atoms with Crippen LogP contribution in [0.1, 0.15) is 17.3 Å². The average molecular weight is 338 g/mol. The summed E-state index contributed by atoms with van der Waals surface area (Å²) in [4.78, 5) is 22.5. The summed E-state index contributed by atoms with van der Waals surface area (Å²) in [6.07, 6.45) is 0.